The molecule has 1 aromatic heterocycles. The maximum absolute atomic E-state index is 14.2. The lowest BCUT2D eigenvalue weighted by molar-refractivity contribution is -0.178. The summed E-state index contributed by atoms with van der Waals surface area (Å²) in [6.45, 7) is 12.5. The lowest BCUT2D eigenvalue weighted by atomic mass is 9.36. The maximum Gasteiger partial charge on any atom is 0.340 e. The van der Waals surface area contributed by atoms with Crippen molar-refractivity contribution in [3.63, 3.8) is 0 Å². The number of carbonyl (C=O) groups excluding carboxylic acids is 4. The first kappa shape index (κ1) is 27.2. The van der Waals surface area contributed by atoms with Crippen molar-refractivity contribution in [3.05, 3.63) is 39.7 Å². The fourth-order valence-corrected chi connectivity index (χ4v) is 10.0. The van der Waals surface area contributed by atoms with Gasteiger partial charge in [-0.25, -0.2) is 4.79 Å². The van der Waals surface area contributed by atoms with Gasteiger partial charge in [0, 0.05) is 22.6 Å². The van der Waals surface area contributed by atoms with Crippen LogP contribution in [0.2, 0.25) is 0 Å². The Morgan fingerprint density at radius 3 is 2.48 bits per heavy atom. The van der Waals surface area contributed by atoms with Gasteiger partial charge in [-0.1, -0.05) is 38.8 Å². The third-order valence-electron chi connectivity index (χ3n) is 11.5. The van der Waals surface area contributed by atoms with E-state index in [9.17, 15) is 19.2 Å². The van der Waals surface area contributed by atoms with Crippen LogP contribution < -0.4 is 0 Å². The third-order valence-corrected chi connectivity index (χ3v) is 11.5. The number of allylic oxidation sites excluding steroid dienone is 4. The molecule has 6 aliphatic rings. The number of aromatic nitrogens is 1. The number of ketones is 2. The van der Waals surface area contributed by atoms with Gasteiger partial charge in [-0.2, -0.15) is 0 Å². The molecule has 0 unspecified atom stereocenters. The minimum absolute atomic E-state index is 0.0346. The first-order valence-corrected chi connectivity index (χ1v) is 14.9. The van der Waals surface area contributed by atoms with E-state index in [0.717, 1.165) is 37.7 Å². The van der Waals surface area contributed by atoms with Crippen molar-refractivity contribution in [3.8, 4) is 0 Å². The number of Topliss-reactive ketones (excluding diaryl/α,β-unsaturated/α-hetero) is 2. The molecule has 0 radical (unpaired) electrons. The molecule has 40 heavy (non-hydrogen) atoms. The van der Waals surface area contributed by atoms with Gasteiger partial charge in [0.15, 0.2) is 0 Å². The molecule has 0 saturated heterocycles. The number of ether oxygens (including phenoxy) is 2. The van der Waals surface area contributed by atoms with Gasteiger partial charge in [0.25, 0.3) is 0 Å². The second-order valence-electron chi connectivity index (χ2n) is 13.6. The largest absolute Gasteiger partial charge is 0.469 e. The first-order chi connectivity index (χ1) is 18.9. The fraction of sp³-hybridized carbons (Fsp3) is 0.636. The average Bonchev–Trinajstić information content (AvgIpc) is 3.27. The van der Waals surface area contributed by atoms with Crippen LogP contribution >= 0.6 is 0 Å². The third kappa shape index (κ3) is 3.18. The van der Waals surface area contributed by atoms with E-state index in [1.54, 1.807) is 13.8 Å². The zero-order valence-corrected chi connectivity index (χ0v) is 24.8. The smallest absolute Gasteiger partial charge is 0.340 e. The Balaban J connectivity index is 1.57. The van der Waals surface area contributed by atoms with Crippen LogP contribution in [-0.2, 0) is 19.1 Å². The van der Waals surface area contributed by atoms with E-state index < -0.39 is 28.4 Å². The number of esters is 2. The zero-order valence-electron chi connectivity index (χ0n) is 24.8. The first-order valence-electron chi connectivity index (χ1n) is 14.9. The van der Waals surface area contributed by atoms with Crippen molar-refractivity contribution < 1.29 is 28.7 Å². The standard InChI is InChI=1S/C33H41NO6/c1-8-40-29(37)22-17(4)34-26-23-18-14-21-31(5)11-9-12-32(6,30(38)39-7)20(31)10-13-33(21,15-19(18)16(2)3)25(23)28(36)27(35)24(22)26/h15-16,18,20-21,34H,8-14H2,1-7H3/t18-,20+,21+,31-,32+,33-/m0/s1. The highest BCUT2D eigenvalue weighted by Gasteiger charge is 2.68. The van der Waals surface area contributed by atoms with E-state index in [-0.39, 0.29) is 52.8 Å². The number of methoxy groups -OCH3 is 1. The van der Waals surface area contributed by atoms with E-state index in [1.807, 2.05) is 0 Å². The molecule has 7 rings (SSSR count). The quantitative estimate of drug-likeness (QED) is 0.281. The van der Waals surface area contributed by atoms with Gasteiger partial charge < -0.3 is 14.5 Å². The van der Waals surface area contributed by atoms with Crippen LogP contribution in [0, 0.1) is 46.8 Å². The zero-order chi connectivity index (χ0) is 28.9. The molecular weight excluding hydrogens is 506 g/mol. The molecule has 214 valence electrons. The molecule has 6 aliphatic carbocycles. The van der Waals surface area contributed by atoms with Crippen LogP contribution in [0.5, 0.6) is 0 Å². The highest BCUT2D eigenvalue weighted by Crippen LogP contribution is 2.73. The van der Waals surface area contributed by atoms with Gasteiger partial charge in [0.05, 0.1) is 36.0 Å². The van der Waals surface area contributed by atoms with Crippen LogP contribution in [-0.4, -0.2) is 42.2 Å². The van der Waals surface area contributed by atoms with Crippen molar-refractivity contribution >= 4 is 29.1 Å². The van der Waals surface area contributed by atoms with Crippen molar-refractivity contribution in [1.29, 1.82) is 0 Å². The minimum Gasteiger partial charge on any atom is -0.469 e. The Bertz CT molecular complexity index is 1430. The van der Waals surface area contributed by atoms with E-state index in [1.165, 1.54) is 12.7 Å². The van der Waals surface area contributed by atoms with Gasteiger partial charge in [-0.05, 0) is 81.6 Å². The molecule has 0 aromatic carbocycles. The highest BCUT2D eigenvalue weighted by molar-refractivity contribution is 6.54. The van der Waals surface area contributed by atoms with Crippen LogP contribution in [0.3, 0.4) is 0 Å². The Morgan fingerprint density at radius 1 is 1.10 bits per heavy atom. The number of H-pyrrole nitrogens is 1. The number of fused-ring (bicyclic) bond motifs is 2. The van der Waals surface area contributed by atoms with E-state index >= 15 is 0 Å². The predicted molar refractivity (Wildman–Crippen MR) is 149 cm³/mol. The molecule has 7 heteroatoms. The fourth-order valence-electron chi connectivity index (χ4n) is 10.0. The maximum atomic E-state index is 14.2. The van der Waals surface area contributed by atoms with Crippen LogP contribution in [0.15, 0.2) is 17.2 Å². The summed E-state index contributed by atoms with van der Waals surface area (Å²) in [6, 6.07) is 0. The molecule has 2 bridgehead atoms. The summed E-state index contributed by atoms with van der Waals surface area (Å²) >= 11 is 0. The number of rotatable bonds is 4. The highest BCUT2D eigenvalue weighted by atomic mass is 16.5. The van der Waals surface area contributed by atoms with Gasteiger partial charge in [0.2, 0.25) is 11.6 Å². The van der Waals surface area contributed by atoms with Gasteiger partial charge in [-0.3, -0.25) is 14.4 Å². The molecule has 2 saturated carbocycles. The summed E-state index contributed by atoms with van der Waals surface area (Å²) in [4.78, 5) is 57.6. The van der Waals surface area contributed by atoms with Crippen LogP contribution in [0.1, 0.15) is 105 Å². The second-order valence-corrected chi connectivity index (χ2v) is 13.6. The summed E-state index contributed by atoms with van der Waals surface area (Å²) < 4.78 is 10.6. The summed E-state index contributed by atoms with van der Waals surface area (Å²) in [7, 11) is 1.48. The number of aromatic amines is 1. The van der Waals surface area contributed by atoms with E-state index in [4.69, 9.17) is 9.47 Å². The SMILES string of the molecule is CCOC(=O)c1c(C)[nH]c2c1C(=O)C(=O)C1=C2[C@H]2C[C@@H]3[C@@]4(C)CCC[C@@](C)(C(=O)OC)[C@@H]4CC[C@@]13C=C2C(C)C. The molecule has 1 aromatic rings. The van der Waals surface area contributed by atoms with Crippen molar-refractivity contribution in [2.45, 2.75) is 80.1 Å². The van der Waals surface area contributed by atoms with Gasteiger partial charge in [-0.15, -0.1) is 0 Å². The number of hydrogen-bond acceptors (Lipinski definition) is 6. The Hall–Kier alpha value is -2.96. The average molecular weight is 548 g/mol. The molecule has 1 heterocycles. The second kappa shape index (κ2) is 8.77. The molecule has 6 atom stereocenters. The Labute approximate surface area is 236 Å². The molecule has 0 amide bonds. The number of hydrogen-bond donors (Lipinski definition) is 1. The lowest BCUT2D eigenvalue weighted by Crippen LogP contribution is -2.62. The summed E-state index contributed by atoms with van der Waals surface area (Å²) in [5.74, 6) is -1.29. The topological polar surface area (TPSA) is 103 Å². The Kier molecular flexibility index (Phi) is 5.97. The molecule has 2 fully saturated rings. The minimum atomic E-state index is -0.614. The van der Waals surface area contributed by atoms with Crippen molar-refractivity contribution in [2.24, 2.45) is 39.9 Å². The molecular formula is C33H41NO6. The van der Waals surface area contributed by atoms with Crippen molar-refractivity contribution in [1.82, 2.24) is 4.98 Å². The summed E-state index contributed by atoms with van der Waals surface area (Å²) in [5.41, 5.74) is 3.09. The number of aryl methyl sites for hydroxylation is 1. The van der Waals surface area contributed by atoms with Gasteiger partial charge >= 0.3 is 11.9 Å². The summed E-state index contributed by atoms with van der Waals surface area (Å²) in [5, 5.41) is 0. The molecule has 1 N–H and O–H groups in total. The Morgan fingerprint density at radius 2 is 1.82 bits per heavy atom. The van der Waals surface area contributed by atoms with E-state index in [2.05, 4.69) is 38.8 Å². The summed E-state index contributed by atoms with van der Waals surface area (Å²) in [6.07, 6.45) is 7.44. The van der Waals surface area contributed by atoms with Crippen molar-refractivity contribution in [2.75, 3.05) is 13.7 Å². The van der Waals surface area contributed by atoms with E-state index in [0.29, 0.717) is 23.4 Å². The monoisotopic (exact) mass is 547 g/mol. The lowest BCUT2D eigenvalue weighted by Gasteiger charge is -2.67. The molecule has 0 aliphatic heterocycles. The number of carbonyl (C=O) groups is 4. The predicted octanol–water partition coefficient (Wildman–Crippen LogP) is 6.02. The van der Waals surface area contributed by atoms with Gasteiger partial charge in [0.1, 0.15) is 0 Å². The molecule has 1 spiro atoms. The normalized spacial score (nSPS) is 36.0. The van der Waals surface area contributed by atoms with Crippen LogP contribution in [0.4, 0.5) is 0 Å². The van der Waals surface area contributed by atoms with Crippen LogP contribution in [0.25, 0.3) is 5.57 Å². The number of nitrogens with one attached hydrogen (secondary N) is 1. The molecule has 7 nitrogen and oxygen atoms in total.